The van der Waals surface area contributed by atoms with Crippen LogP contribution in [0.25, 0.3) is 16.6 Å². The fourth-order valence-corrected chi connectivity index (χ4v) is 4.25. The number of nitrogens with zero attached hydrogens (tertiary/aromatic N) is 2. The minimum atomic E-state index is -0.469. The second-order valence-corrected chi connectivity index (χ2v) is 7.73. The second-order valence-electron chi connectivity index (χ2n) is 6.89. The van der Waals surface area contributed by atoms with Gasteiger partial charge in [-0.25, -0.2) is 9.37 Å². The van der Waals surface area contributed by atoms with E-state index in [1.807, 2.05) is 0 Å². The van der Waals surface area contributed by atoms with Crippen molar-refractivity contribution in [2.45, 2.75) is 25.8 Å². The standard InChI is InChI=1S/C20H18Cl2FN3O/c21-13-10-14-19(15(22)11-13)24-18(12-25-8-4-1-5-9-25)26(20(14)27)17-7-3-2-6-16(17)23/h2-3,6-7,10-11H,1,4-5,8-9,12H2/p+1. The van der Waals surface area contributed by atoms with Crippen LogP contribution in [-0.4, -0.2) is 22.6 Å². The van der Waals surface area contributed by atoms with Crippen molar-refractivity contribution in [3.05, 3.63) is 68.4 Å². The van der Waals surface area contributed by atoms with Crippen molar-refractivity contribution in [1.29, 1.82) is 0 Å². The molecule has 27 heavy (non-hydrogen) atoms. The van der Waals surface area contributed by atoms with Crippen molar-refractivity contribution in [3.63, 3.8) is 0 Å². The molecule has 0 unspecified atom stereocenters. The van der Waals surface area contributed by atoms with Gasteiger partial charge in [-0.15, -0.1) is 0 Å². The highest BCUT2D eigenvalue weighted by atomic mass is 35.5. The number of benzene rings is 2. The average Bonchev–Trinajstić information content (AvgIpc) is 2.65. The van der Waals surface area contributed by atoms with Crippen LogP contribution in [0, 0.1) is 5.82 Å². The molecule has 1 aromatic heterocycles. The summed E-state index contributed by atoms with van der Waals surface area (Å²) in [7, 11) is 0. The number of quaternary nitrogens is 1. The zero-order valence-corrected chi connectivity index (χ0v) is 16.2. The molecule has 0 amide bonds. The molecule has 3 aromatic rings. The molecule has 0 radical (unpaired) electrons. The maximum Gasteiger partial charge on any atom is 0.266 e. The number of halogens is 3. The molecule has 1 aliphatic heterocycles. The molecule has 1 N–H and O–H groups in total. The number of rotatable bonds is 3. The Morgan fingerprint density at radius 1 is 1.11 bits per heavy atom. The summed E-state index contributed by atoms with van der Waals surface area (Å²) in [4.78, 5) is 19.3. The summed E-state index contributed by atoms with van der Waals surface area (Å²) in [5, 5.41) is 0.958. The van der Waals surface area contributed by atoms with Crippen molar-refractivity contribution >= 4 is 34.1 Å². The van der Waals surface area contributed by atoms with E-state index in [0.717, 1.165) is 25.9 Å². The van der Waals surface area contributed by atoms with Crippen LogP contribution >= 0.6 is 23.2 Å². The molecule has 4 rings (SSSR count). The van der Waals surface area contributed by atoms with E-state index in [1.54, 1.807) is 24.3 Å². The molecule has 1 aliphatic rings. The first-order valence-corrected chi connectivity index (χ1v) is 9.79. The van der Waals surface area contributed by atoms with E-state index in [9.17, 15) is 9.18 Å². The van der Waals surface area contributed by atoms with Crippen LogP contribution in [0.2, 0.25) is 10.0 Å². The summed E-state index contributed by atoms with van der Waals surface area (Å²) in [6, 6.07) is 9.34. The lowest BCUT2D eigenvalue weighted by Gasteiger charge is -2.24. The number of hydrogen-bond acceptors (Lipinski definition) is 2. The Kier molecular flexibility index (Phi) is 5.17. The number of likely N-dealkylation sites (tertiary alicyclic amines) is 1. The van der Waals surface area contributed by atoms with Crippen molar-refractivity contribution < 1.29 is 9.29 Å². The molecule has 4 nitrogen and oxygen atoms in total. The smallest absolute Gasteiger partial charge is 0.266 e. The van der Waals surface area contributed by atoms with Crippen LogP contribution in [0.5, 0.6) is 0 Å². The van der Waals surface area contributed by atoms with Gasteiger partial charge in [-0.1, -0.05) is 35.3 Å². The van der Waals surface area contributed by atoms with Gasteiger partial charge in [-0.2, -0.15) is 0 Å². The Morgan fingerprint density at radius 2 is 1.85 bits per heavy atom. The zero-order chi connectivity index (χ0) is 19.0. The number of fused-ring (bicyclic) bond motifs is 1. The predicted molar refractivity (Wildman–Crippen MR) is 106 cm³/mol. The molecule has 0 bridgehead atoms. The summed E-state index contributed by atoms with van der Waals surface area (Å²) in [5.74, 6) is 0.0440. The van der Waals surface area contributed by atoms with E-state index < -0.39 is 5.82 Å². The Morgan fingerprint density at radius 3 is 2.59 bits per heavy atom. The fourth-order valence-electron chi connectivity index (χ4n) is 3.71. The number of hydrogen-bond donors (Lipinski definition) is 1. The zero-order valence-electron chi connectivity index (χ0n) is 14.6. The van der Waals surface area contributed by atoms with Crippen LogP contribution < -0.4 is 10.5 Å². The molecule has 0 atom stereocenters. The van der Waals surface area contributed by atoms with E-state index in [0.29, 0.717) is 27.9 Å². The molecule has 7 heteroatoms. The highest BCUT2D eigenvalue weighted by Gasteiger charge is 2.22. The molecule has 0 spiro atoms. The normalized spacial score (nSPS) is 15.4. The van der Waals surface area contributed by atoms with E-state index in [4.69, 9.17) is 23.2 Å². The van der Waals surface area contributed by atoms with E-state index in [2.05, 4.69) is 4.98 Å². The predicted octanol–water partition coefficient (Wildman–Crippen LogP) is 3.40. The quantitative estimate of drug-likeness (QED) is 0.723. The van der Waals surface area contributed by atoms with Crippen molar-refractivity contribution in [3.8, 4) is 5.69 Å². The van der Waals surface area contributed by atoms with Gasteiger partial charge < -0.3 is 4.90 Å². The largest absolute Gasteiger partial charge is 0.329 e. The van der Waals surface area contributed by atoms with E-state index >= 15 is 0 Å². The minimum absolute atomic E-state index is 0.194. The third-order valence-electron chi connectivity index (χ3n) is 5.02. The SMILES string of the molecule is O=c1c2cc(Cl)cc(Cl)c2nc(C[NH+]2CCCCC2)n1-c1ccccc1F. The summed E-state index contributed by atoms with van der Waals surface area (Å²) in [6.45, 7) is 2.57. The Balaban J connectivity index is 1.97. The third-order valence-corrected chi connectivity index (χ3v) is 5.53. The summed E-state index contributed by atoms with van der Waals surface area (Å²) >= 11 is 12.4. The van der Waals surface area contributed by atoms with E-state index in [1.165, 1.54) is 28.0 Å². The second kappa shape index (κ2) is 7.58. The molecule has 2 heterocycles. The highest BCUT2D eigenvalue weighted by Crippen LogP contribution is 2.25. The van der Waals surface area contributed by atoms with Crippen LogP contribution in [0.1, 0.15) is 25.1 Å². The van der Waals surface area contributed by atoms with Crippen molar-refractivity contribution in [1.82, 2.24) is 9.55 Å². The number of para-hydroxylation sites is 1. The lowest BCUT2D eigenvalue weighted by Crippen LogP contribution is -3.11. The first-order chi connectivity index (χ1) is 13.0. The summed E-state index contributed by atoms with van der Waals surface area (Å²) in [5.41, 5.74) is 0.241. The van der Waals surface area contributed by atoms with Crippen LogP contribution in [0.4, 0.5) is 4.39 Å². The first kappa shape index (κ1) is 18.4. The van der Waals surface area contributed by atoms with Gasteiger partial charge in [-0.3, -0.25) is 9.36 Å². The van der Waals surface area contributed by atoms with Gasteiger partial charge >= 0.3 is 0 Å². The molecule has 0 saturated carbocycles. The number of piperidine rings is 1. The Labute approximate surface area is 166 Å². The van der Waals surface area contributed by atoms with Crippen molar-refractivity contribution in [2.75, 3.05) is 13.1 Å². The van der Waals surface area contributed by atoms with Gasteiger partial charge in [0.2, 0.25) is 0 Å². The highest BCUT2D eigenvalue weighted by molar-refractivity contribution is 6.38. The summed E-state index contributed by atoms with van der Waals surface area (Å²) in [6.07, 6.45) is 3.51. The van der Waals surface area contributed by atoms with Crippen LogP contribution in [0.3, 0.4) is 0 Å². The van der Waals surface area contributed by atoms with Crippen molar-refractivity contribution in [2.24, 2.45) is 0 Å². The lowest BCUT2D eigenvalue weighted by molar-refractivity contribution is -0.919. The molecular weight excluding hydrogens is 388 g/mol. The maximum absolute atomic E-state index is 14.5. The number of aromatic nitrogens is 2. The molecule has 1 saturated heterocycles. The maximum atomic E-state index is 14.5. The van der Waals surface area contributed by atoms with Gasteiger partial charge in [0.15, 0.2) is 5.82 Å². The van der Waals surface area contributed by atoms with Crippen LogP contribution in [0.15, 0.2) is 41.2 Å². The average molecular weight is 407 g/mol. The summed E-state index contributed by atoms with van der Waals surface area (Å²) < 4.78 is 15.9. The monoisotopic (exact) mass is 406 g/mol. The van der Waals surface area contributed by atoms with Crippen LogP contribution in [-0.2, 0) is 6.54 Å². The minimum Gasteiger partial charge on any atom is -0.329 e. The Hall–Kier alpha value is -1.95. The molecule has 1 fully saturated rings. The fraction of sp³-hybridized carbons (Fsp3) is 0.300. The van der Waals surface area contributed by atoms with Gasteiger partial charge in [0, 0.05) is 5.02 Å². The third kappa shape index (κ3) is 3.59. The lowest BCUT2D eigenvalue weighted by atomic mass is 10.1. The number of nitrogens with one attached hydrogen (secondary N) is 1. The van der Waals surface area contributed by atoms with E-state index in [-0.39, 0.29) is 16.6 Å². The first-order valence-electron chi connectivity index (χ1n) is 9.04. The molecule has 2 aromatic carbocycles. The topological polar surface area (TPSA) is 39.3 Å². The molecule has 0 aliphatic carbocycles. The van der Waals surface area contributed by atoms with Gasteiger partial charge in [0.25, 0.3) is 5.56 Å². The van der Waals surface area contributed by atoms with Gasteiger partial charge in [0.1, 0.15) is 12.4 Å². The van der Waals surface area contributed by atoms with Gasteiger partial charge in [0.05, 0.1) is 34.7 Å². The van der Waals surface area contributed by atoms with Gasteiger partial charge in [-0.05, 0) is 43.5 Å². The molecular formula is C20H19Cl2FN3O+. The molecule has 140 valence electrons. The Bertz CT molecular complexity index is 1060.